The van der Waals surface area contributed by atoms with Crippen molar-refractivity contribution in [3.05, 3.63) is 95.8 Å². The number of hydrogen-bond donors (Lipinski definition) is 3. The first-order valence-electron chi connectivity index (χ1n) is 10.6. The molecule has 0 fully saturated rings. The molecule has 0 radical (unpaired) electrons. The van der Waals surface area contributed by atoms with Crippen LogP contribution in [0.3, 0.4) is 0 Å². The lowest BCUT2D eigenvalue weighted by Crippen LogP contribution is -2.18. The van der Waals surface area contributed by atoms with E-state index in [2.05, 4.69) is 15.4 Å². The van der Waals surface area contributed by atoms with Crippen LogP contribution in [0.25, 0.3) is 16.8 Å². The fourth-order valence-electron chi connectivity index (χ4n) is 3.67. The van der Waals surface area contributed by atoms with Crippen LogP contribution < -0.4 is 16.2 Å². The van der Waals surface area contributed by atoms with Crippen LogP contribution in [-0.2, 0) is 10.0 Å². The third kappa shape index (κ3) is 5.13. The minimum atomic E-state index is -3.88. The van der Waals surface area contributed by atoms with E-state index in [-0.39, 0.29) is 10.8 Å². The van der Waals surface area contributed by atoms with E-state index in [1.54, 1.807) is 67.2 Å². The van der Waals surface area contributed by atoms with Gasteiger partial charge in [-0.2, -0.15) is 5.10 Å². The summed E-state index contributed by atoms with van der Waals surface area (Å²) in [6.07, 6.45) is 0. The molecule has 0 unspecified atom stereocenters. The Bertz CT molecular complexity index is 1540. The summed E-state index contributed by atoms with van der Waals surface area (Å²) in [7, 11) is -2.27. The molecule has 10 heteroatoms. The van der Waals surface area contributed by atoms with Gasteiger partial charge in [0, 0.05) is 23.9 Å². The van der Waals surface area contributed by atoms with Crippen LogP contribution >= 0.6 is 0 Å². The van der Waals surface area contributed by atoms with Crippen molar-refractivity contribution in [2.45, 2.75) is 11.8 Å². The van der Waals surface area contributed by atoms with Crippen molar-refractivity contribution >= 4 is 27.5 Å². The molecular weight excluding hydrogens is 464 g/mol. The normalized spacial score (nSPS) is 11.9. The smallest absolute Gasteiger partial charge is 0.274 e. The number of aryl methyl sites for hydroxylation is 1. The molecule has 1 heterocycles. The topological polar surface area (TPSA) is 145 Å². The zero-order valence-electron chi connectivity index (χ0n) is 19.1. The second-order valence-corrected chi connectivity index (χ2v) is 9.34. The summed E-state index contributed by atoms with van der Waals surface area (Å²) in [5.74, 6) is 0.0247. The first kappa shape index (κ1) is 23.9. The fourth-order valence-corrected chi connectivity index (χ4v) is 4.43. The lowest BCUT2D eigenvalue weighted by atomic mass is 10.1. The number of nitrogens with zero attached hydrogens (tertiary/aromatic N) is 3. The first-order chi connectivity index (χ1) is 16.7. The summed E-state index contributed by atoms with van der Waals surface area (Å²) >= 11 is 0. The van der Waals surface area contributed by atoms with Gasteiger partial charge in [-0.05, 0) is 48.9 Å². The summed E-state index contributed by atoms with van der Waals surface area (Å²) < 4.78 is 25.4. The van der Waals surface area contributed by atoms with Gasteiger partial charge >= 0.3 is 0 Å². The van der Waals surface area contributed by atoms with Crippen molar-refractivity contribution < 1.29 is 13.2 Å². The number of nitrogens with two attached hydrogens (primary N) is 2. The Hall–Kier alpha value is -4.28. The van der Waals surface area contributed by atoms with Crippen molar-refractivity contribution in [3.63, 3.8) is 0 Å². The molecule has 0 saturated heterocycles. The molecule has 0 aliphatic heterocycles. The molecule has 4 rings (SSSR count). The number of amidine groups is 1. The van der Waals surface area contributed by atoms with Crippen molar-refractivity contribution in [1.29, 1.82) is 0 Å². The average Bonchev–Trinajstić information content (AvgIpc) is 3.25. The van der Waals surface area contributed by atoms with E-state index in [0.717, 1.165) is 5.56 Å². The minimum absolute atomic E-state index is 0.0344. The third-order valence-electron chi connectivity index (χ3n) is 5.34. The number of primary sulfonamides is 1. The van der Waals surface area contributed by atoms with Gasteiger partial charge in [-0.1, -0.05) is 42.5 Å². The second kappa shape index (κ2) is 9.53. The van der Waals surface area contributed by atoms with E-state index >= 15 is 0 Å². The largest absolute Gasteiger partial charge is 0.384 e. The highest BCUT2D eigenvalue weighted by Gasteiger charge is 2.17. The van der Waals surface area contributed by atoms with E-state index < -0.39 is 10.0 Å². The Morgan fingerprint density at radius 2 is 1.71 bits per heavy atom. The molecule has 9 nitrogen and oxygen atoms in total. The monoisotopic (exact) mass is 488 g/mol. The molecule has 0 aliphatic carbocycles. The number of carbonyl (C=O) groups excluding carboxylic acids is 1. The highest BCUT2D eigenvalue weighted by Crippen LogP contribution is 2.27. The van der Waals surface area contributed by atoms with Crippen LogP contribution in [0.15, 0.2) is 88.8 Å². The lowest BCUT2D eigenvalue weighted by Gasteiger charge is -2.11. The Morgan fingerprint density at radius 1 is 1.00 bits per heavy atom. The number of nitrogens with one attached hydrogen (secondary N) is 1. The van der Waals surface area contributed by atoms with E-state index in [1.165, 1.54) is 6.07 Å². The number of aromatic nitrogens is 2. The van der Waals surface area contributed by atoms with Gasteiger partial charge in [0.2, 0.25) is 10.0 Å². The number of amides is 1. The zero-order valence-corrected chi connectivity index (χ0v) is 20.0. The Labute approximate surface area is 203 Å². The maximum atomic E-state index is 13.1. The van der Waals surface area contributed by atoms with Crippen LogP contribution in [-0.4, -0.2) is 37.0 Å². The summed E-state index contributed by atoms with van der Waals surface area (Å²) in [5, 5.41) is 12.7. The summed E-state index contributed by atoms with van der Waals surface area (Å²) in [4.78, 5) is 17.2. The van der Waals surface area contributed by atoms with Crippen molar-refractivity contribution in [3.8, 4) is 16.8 Å². The number of hydrogen-bond acceptors (Lipinski definition) is 5. The van der Waals surface area contributed by atoms with Gasteiger partial charge in [-0.15, -0.1) is 0 Å². The van der Waals surface area contributed by atoms with E-state index in [9.17, 15) is 13.2 Å². The molecule has 5 N–H and O–H groups in total. The Balaban J connectivity index is 1.61. The molecule has 0 atom stereocenters. The molecule has 1 aromatic heterocycles. The maximum Gasteiger partial charge on any atom is 0.274 e. The van der Waals surface area contributed by atoms with Crippen molar-refractivity contribution in [1.82, 2.24) is 9.78 Å². The second-order valence-electron chi connectivity index (χ2n) is 7.81. The van der Waals surface area contributed by atoms with Gasteiger partial charge in [0.05, 0.1) is 16.3 Å². The van der Waals surface area contributed by atoms with E-state index in [1.807, 2.05) is 24.3 Å². The first-order valence-corrected chi connectivity index (χ1v) is 12.2. The molecular formula is C25H24N6O3S. The fraction of sp³-hybridized carbons (Fsp3) is 0.0800. The summed E-state index contributed by atoms with van der Waals surface area (Å²) in [6.45, 7) is 1.80. The summed E-state index contributed by atoms with van der Waals surface area (Å²) in [6, 6.07) is 22.3. The molecule has 1 amide bonds. The van der Waals surface area contributed by atoms with Crippen LogP contribution in [0.5, 0.6) is 0 Å². The predicted molar refractivity (Wildman–Crippen MR) is 136 cm³/mol. The maximum absolute atomic E-state index is 13.1. The number of carbonyl (C=O) groups is 1. The average molecular weight is 489 g/mol. The van der Waals surface area contributed by atoms with Crippen LogP contribution in [0.2, 0.25) is 0 Å². The van der Waals surface area contributed by atoms with E-state index in [0.29, 0.717) is 39.7 Å². The predicted octanol–water partition coefficient (Wildman–Crippen LogP) is 3.08. The molecule has 4 aromatic rings. The lowest BCUT2D eigenvalue weighted by molar-refractivity contribution is 0.101. The van der Waals surface area contributed by atoms with Gasteiger partial charge in [0.15, 0.2) is 0 Å². The summed E-state index contributed by atoms with van der Waals surface area (Å²) in [5.41, 5.74) is 10.0. The molecule has 0 spiro atoms. The van der Waals surface area contributed by atoms with Gasteiger partial charge in [0.25, 0.3) is 5.91 Å². The highest BCUT2D eigenvalue weighted by atomic mass is 32.2. The van der Waals surface area contributed by atoms with Crippen LogP contribution in [0, 0.1) is 6.92 Å². The van der Waals surface area contributed by atoms with E-state index in [4.69, 9.17) is 10.9 Å². The molecule has 0 aliphatic rings. The number of anilines is 1. The number of sulfonamides is 1. The minimum Gasteiger partial charge on any atom is -0.384 e. The Morgan fingerprint density at radius 3 is 2.40 bits per heavy atom. The number of benzene rings is 3. The molecule has 178 valence electrons. The number of rotatable bonds is 6. The highest BCUT2D eigenvalue weighted by molar-refractivity contribution is 7.89. The molecule has 0 saturated carbocycles. The van der Waals surface area contributed by atoms with Gasteiger partial charge in [-0.25, -0.2) is 18.2 Å². The van der Waals surface area contributed by atoms with Gasteiger partial charge in [-0.3, -0.25) is 9.79 Å². The van der Waals surface area contributed by atoms with Crippen molar-refractivity contribution in [2.75, 3.05) is 12.4 Å². The molecule has 35 heavy (non-hydrogen) atoms. The quantitative estimate of drug-likeness (QED) is 0.282. The standard InChI is InChI=1S/C25H24N6O3S/c1-16-14-22(31(30-16)20-7-5-6-18(15-20)24(26)28-2)25(32)29-19-12-10-17(11-13-19)21-8-3-4-9-23(21)35(27,33)34/h3-15H,1-2H3,(H2,26,28)(H,29,32)(H2,27,33,34). The van der Waals surface area contributed by atoms with Gasteiger partial charge in [0.1, 0.15) is 11.5 Å². The SMILES string of the molecule is CN=C(N)c1cccc(-n2nc(C)cc2C(=O)Nc2ccc(-c3ccccc3S(N)(=O)=O)cc2)c1. The molecule has 0 bridgehead atoms. The number of aliphatic imine (C=N–C) groups is 1. The van der Waals surface area contributed by atoms with Crippen molar-refractivity contribution in [2.24, 2.45) is 15.9 Å². The van der Waals surface area contributed by atoms with Crippen LogP contribution in [0.1, 0.15) is 21.7 Å². The third-order valence-corrected chi connectivity index (χ3v) is 6.31. The molecule has 3 aromatic carbocycles. The van der Waals surface area contributed by atoms with Crippen LogP contribution in [0.4, 0.5) is 5.69 Å². The van der Waals surface area contributed by atoms with Gasteiger partial charge < -0.3 is 11.1 Å². The zero-order chi connectivity index (χ0) is 25.2. The Kier molecular flexibility index (Phi) is 6.50.